The summed E-state index contributed by atoms with van der Waals surface area (Å²) in [6.45, 7) is -0.563. The van der Waals surface area contributed by atoms with Crippen molar-refractivity contribution in [1.82, 2.24) is 18.5 Å². The summed E-state index contributed by atoms with van der Waals surface area (Å²) < 4.78 is 74.0. The molecule has 27 heteroatoms. The smallest absolute Gasteiger partial charge is 0.394 e. The van der Waals surface area contributed by atoms with Gasteiger partial charge in [0.05, 0.1) is 12.9 Å². The number of anilines is 1. The quantitative estimate of drug-likeness (QED) is 0.103. The summed E-state index contributed by atoms with van der Waals surface area (Å²) >= 11 is 0. The first-order chi connectivity index (χ1) is 16.6. The van der Waals surface area contributed by atoms with Crippen LogP contribution in [0.1, 0.15) is 6.23 Å². The van der Waals surface area contributed by atoms with Gasteiger partial charge < -0.3 is 50.3 Å². The molecule has 4 atom stereocenters. The Morgan fingerprint density at radius 2 is 1.57 bits per heavy atom. The van der Waals surface area contributed by atoms with Gasteiger partial charge in [-0.25, -0.2) is 18.7 Å². The highest BCUT2D eigenvalue weighted by molar-refractivity contribution is 7.84. The number of nitrogens with zero attached hydrogens (tertiary/aromatic N) is 4. The molecule has 11 N–H and O–H groups in total. The average molecular weight is 621 g/mol. The fraction of sp³-hybridized carbons (Fsp3) is 0.500. The van der Waals surface area contributed by atoms with Crippen LogP contribution in [-0.2, 0) is 37.4 Å². The summed E-state index contributed by atoms with van der Waals surface area (Å²) in [5.74, 6) is -0.830. The van der Waals surface area contributed by atoms with Crippen molar-refractivity contribution < 1.29 is 79.8 Å². The molecule has 0 bridgehead atoms. The van der Waals surface area contributed by atoms with Crippen LogP contribution in [0.15, 0.2) is 11.1 Å². The van der Waals surface area contributed by atoms with E-state index in [4.69, 9.17) is 44.6 Å². The van der Waals surface area contributed by atoms with Crippen molar-refractivity contribution >= 4 is 50.9 Å². The van der Waals surface area contributed by atoms with Gasteiger partial charge in [-0.1, -0.05) is 0 Å². The van der Waals surface area contributed by atoms with Gasteiger partial charge in [-0.2, -0.15) is 22.0 Å². The number of aromatic nitrogens is 4. The van der Waals surface area contributed by atoms with E-state index in [1.165, 1.54) is 0 Å². The number of nitrogens with two attached hydrogens (primary N) is 1. The first-order valence-electron chi connectivity index (χ1n) is 8.80. The number of hydrogen-bond acceptors (Lipinski definition) is 15. The molecule has 0 aliphatic carbocycles. The van der Waals surface area contributed by atoms with Gasteiger partial charge in [0.1, 0.15) is 18.3 Å². The van der Waals surface area contributed by atoms with E-state index in [-0.39, 0.29) is 9.62 Å². The van der Waals surface area contributed by atoms with Gasteiger partial charge in [-0.3, -0.25) is 13.9 Å². The molecule has 0 spiro atoms. The van der Waals surface area contributed by atoms with Crippen LogP contribution in [0.4, 0.5) is 5.95 Å². The lowest BCUT2D eigenvalue weighted by molar-refractivity contribution is -0.0511. The van der Waals surface area contributed by atoms with Gasteiger partial charge in [0, 0.05) is 0 Å². The molecule has 2 aromatic rings. The summed E-state index contributed by atoms with van der Waals surface area (Å²) in [5, 5.41) is 28.9. The molecule has 3 heterocycles. The Labute approximate surface area is 203 Å². The Balaban J connectivity index is 0.000000317. The predicted molar refractivity (Wildman–Crippen MR) is 112 cm³/mol. The first-order valence-corrected chi connectivity index (χ1v) is 14.8. The molecule has 0 amide bonds. The molecular formula is C10H18N5O18P3S. The van der Waals surface area contributed by atoms with Crippen molar-refractivity contribution in [2.75, 3.05) is 12.3 Å². The summed E-state index contributed by atoms with van der Waals surface area (Å²) in [6, 6.07) is 0. The molecule has 0 radical (unpaired) electrons. The van der Waals surface area contributed by atoms with E-state index in [0.29, 0.717) is 0 Å². The highest BCUT2D eigenvalue weighted by Crippen LogP contribution is 2.64. The number of fused-ring (bicyclic) bond motifs is 1. The van der Waals surface area contributed by atoms with Crippen molar-refractivity contribution in [2.45, 2.75) is 24.5 Å². The Morgan fingerprint density at radius 1 is 1.05 bits per heavy atom. The molecule has 1 aliphatic rings. The molecule has 37 heavy (non-hydrogen) atoms. The van der Waals surface area contributed by atoms with Crippen LogP contribution >= 0.6 is 23.5 Å². The Hall–Kier alpha value is -1.69. The molecule has 0 aromatic carbocycles. The van der Waals surface area contributed by atoms with E-state index in [0.717, 1.165) is 10.9 Å². The molecule has 1 saturated heterocycles. The lowest BCUT2D eigenvalue weighted by Gasteiger charge is -2.16. The van der Waals surface area contributed by atoms with Crippen molar-refractivity contribution in [3.8, 4) is 0 Å². The predicted octanol–water partition coefficient (Wildman–Crippen LogP) is -4.26. The fourth-order valence-corrected chi connectivity index (χ4v) is 5.88. The van der Waals surface area contributed by atoms with Gasteiger partial charge >= 0.3 is 33.8 Å². The molecule has 1 aliphatic heterocycles. The zero-order valence-corrected chi connectivity index (χ0v) is 20.9. The van der Waals surface area contributed by atoms with Crippen LogP contribution in [0, 0.1) is 0 Å². The number of ether oxygens (including phenoxy) is 1. The van der Waals surface area contributed by atoms with Crippen molar-refractivity contribution in [2.24, 2.45) is 0 Å². The number of hydrogen-bond donors (Lipinski definition) is 10. The fourth-order valence-electron chi connectivity index (χ4n) is 2.77. The van der Waals surface area contributed by atoms with Gasteiger partial charge in [-0.05, 0) is 0 Å². The van der Waals surface area contributed by atoms with E-state index in [2.05, 4.69) is 18.6 Å². The van der Waals surface area contributed by atoms with E-state index < -0.39 is 81.9 Å². The van der Waals surface area contributed by atoms with Crippen molar-refractivity contribution in [1.29, 1.82) is 0 Å². The minimum atomic E-state index is -5.46. The standard InChI is InChI=1S/C10H13N5O8S.H5O10P3/c11-10-13-7-4(8(19)15(10)24(20,21)22)12-2-14(7)9-6(18)5(17)3(1-16)23-9;1-11(2,3)9-13(7,8)10-12(4,5)6/h2-3,5-6,9,16-18H,1H2,(H2,11,13)(H,20,21,22);(H,7,8)(H2,1,2,3)(H2,4,5,6)/t3-,5-,6-,9-;/m1./s1. The summed E-state index contributed by atoms with van der Waals surface area (Å²) in [4.78, 5) is 59.7. The SMILES string of the molecule is Nc1nc2c(ncn2[C@@H]2O[C@H](CO)[C@@H](O)[C@H]2O)c(=O)n1S(=O)(=O)O.O=P(O)(O)OP(=O)(O)OP(=O)(O)O. The Kier molecular flexibility index (Phi) is 9.22. The second-order valence-electron chi connectivity index (χ2n) is 6.68. The number of aliphatic hydroxyl groups is 3. The molecule has 212 valence electrons. The number of nitrogen functional groups attached to an aromatic ring is 1. The molecule has 23 nitrogen and oxygen atoms in total. The zero-order valence-electron chi connectivity index (χ0n) is 17.4. The van der Waals surface area contributed by atoms with Crippen LogP contribution in [0.5, 0.6) is 0 Å². The normalized spacial score (nSPS) is 23.2. The maximum Gasteiger partial charge on any atom is 0.490 e. The minimum absolute atomic E-state index is 0.135. The highest BCUT2D eigenvalue weighted by Gasteiger charge is 2.44. The van der Waals surface area contributed by atoms with Crippen LogP contribution in [0.3, 0.4) is 0 Å². The average Bonchev–Trinajstić information content (AvgIpc) is 3.18. The van der Waals surface area contributed by atoms with E-state index >= 15 is 0 Å². The summed E-state index contributed by atoms with van der Waals surface area (Å²) in [6.07, 6.45) is -4.15. The largest absolute Gasteiger partial charge is 0.490 e. The number of phosphoric acid groups is 3. The molecule has 0 saturated carbocycles. The second kappa shape index (κ2) is 10.8. The lowest BCUT2D eigenvalue weighted by Crippen LogP contribution is -2.33. The first kappa shape index (κ1) is 31.5. The summed E-state index contributed by atoms with van der Waals surface area (Å²) in [7, 11) is -21.2. The highest BCUT2D eigenvalue weighted by atomic mass is 32.2. The molecule has 2 aromatic heterocycles. The second-order valence-corrected chi connectivity index (χ2v) is 12.1. The van der Waals surface area contributed by atoms with Gasteiger partial charge in [0.15, 0.2) is 17.4 Å². The molecule has 0 unspecified atom stereocenters. The van der Waals surface area contributed by atoms with Gasteiger partial charge in [-0.15, -0.1) is 3.97 Å². The third-order valence-electron chi connectivity index (χ3n) is 4.02. The monoisotopic (exact) mass is 621 g/mol. The van der Waals surface area contributed by atoms with E-state index in [1.54, 1.807) is 0 Å². The third-order valence-corrected chi connectivity index (χ3v) is 8.19. The number of rotatable bonds is 7. The van der Waals surface area contributed by atoms with Gasteiger partial charge in [0.25, 0.3) is 5.56 Å². The number of imidazole rings is 1. The van der Waals surface area contributed by atoms with E-state index in [9.17, 15) is 37.1 Å². The van der Waals surface area contributed by atoms with Crippen LogP contribution in [-0.4, -0.2) is 96.2 Å². The number of aliphatic hydroxyl groups excluding tert-OH is 3. The molecule has 3 rings (SSSR count). The van der Waals surface area contributed by atoms with Gasteiger partial charge in [0.2, 0.25) is 5.95 Å². The Bertz CT molecular complexity index is 1430. The lowest BCUT2D eigenvalue weighted by atomic mass is 10.1. The maximum absolute atomic E-state index is 12.1. The topological polar surface area (TPSA) is 374 Å². The van der Waals surface area contributed by atoms with E-state index in [1.807, 2.05) is 0 Å². The third kappa shape index (κ3) is 7.91. The van der Waals surface area contributed by atoms with Crippen molar-refractivity contribution in [3.63, 3.8) is 0 Å². The Morgan fingerprint density at radius 3 is 1.97 bits per heavy atom. The van der Waals surface area contributed by atoms with Crippen LogP contribution in [0.25, 0.3) is 11.2 Å². The van der Waals surface area contributed by atoms with Crippen molar-refractivity contribution in [3.05, 3.63) is 16.7 Å². The zero-order chi connectivity index (χ0) is 28.7. The maximum atomic E-state index is 12.1. The van der Waals surface area contributed by atoms with Crippen LogP contribution < -0.4 is 11.3 Å². The van der Waals surface area contributed by atoms with Crippen LogP contribution in [0.2, 0.25) is 0 Å². The minimum Gasteiger partial charge on any atom is -0.394 e. The molecule has 1 fully saturated rings. The summed E-state index contributed by atoms with van der Waals surface area (Å²) in [5.41, 5.74) is 3.46. The molecular weight excluding hydrogens is 603 g/mol.